The minimum Gasteiger partial charge on any atom is -0.397 e. The molecular weight excluding hydrogens is 160 g/mol. The summed E-state index contributed by atoms with van der Waals surface area (Å²) in [6, 6.07) is 6.19. The van der Waals surface area contributed by atoms with Gasteiger partial charge in [-0.15, -0.1) is 0 Å². The second-order valence-corrected chi connectivity index (χ2v) is 3.42. The van der Waals surface area contributed by atoms with Gasteiger partial charge in [0.15, 0.2) is 0 Å². The second-order valence-electron chi connectivity index (χ2n) is 3.42. The molecule has 0 aliphatic rings. The van der Waals surface area contributed by atoms with Crippen molar-refractivity contribution in [2.24, 2.45) is 0 Å². The molecule has 2 nitrogen and oxygen atoms in total. The van der Waals surface area contributed by atoms with E-state index in [1.54, 1.807) is 6.20 Å². The summed E-state index contributed by atoms with van der Waals surface area (Å²) in [6.07, 6.45) is 1.70. The lowest BCUT2D eigenvalue weighted by Crippen LogP contribution is -1.89. The minimum atomic E-state index is 0.720. The third-order valence-corrected chi connectivity index (χ3v) is 2.14. The van der Waals surface area contributed by atoms with Gasteiger partial charge in [-0.05, 0) is 31.5 Å². The van der Waals surface area contributed by atoms with Gasteiger partial charge in [0.2, 0.25) is 0 Å². The molecule has 66 valence electrons. The van der Waals surface area contributed by atoms with Crippen molar-refractivity contribution < 1.29 is 0 Å². The Labute approximate surface area is 77.4 Å². The number of nitrogen functional groups attached to an aromatic ring is 1. The molecule has 0 unspecified atom stereocenters. The van der Waals surface area contributed by atoms with E-state index in [1.165, 1.54) is 11.1 Å². The van der Waals surface area contributed by atoms with Crippen molar-refractivity contribution in [3.8, 4) is 0 Å². The minimum absolute atomic E-state index is 0.720. The number of rotatable bonds is 0. The zero-order valence-electron chi connectivity index (χ0n) is 7.83. The van der Waals surface area contributed by atoms with E-state index in [9.17, 15) is 0 Å². The number of benzene rings is 1. The first-order valence-electron chi connectivity index (χ1n) is 4.29. The molecule has 2 rings (SSSR count). The first-order valence-corrected chi connectivity index (χ1v) is 4.29. The molecule has 0 saturated carbocycles. The van der Waals surface area contributed by atoms with E-state index in [1.807, 2.05) is 6.07 Å². The highest BCUT2D eigenvalue weighted by atomic mass is 14.7. The van der Waals surface area contributed by atoms with Crippen LogP contribution in [0.2, 0.25) is 0 Å². The molecule has 0 saturated heterocycles. The Bertz CT molecular complexity index is 456. The lowest BCUT2D eigenvalue weighted by Gasteiger charge is -2.03. The maximum absolute atomic E-state index is 5.66. The predicted octanol–water partition coefficient (Wildman–Crippen LogP) is 2.43. The summed E-state index contributed by atoms with van der Waals surface area (Å²) in [7, 11) is 0. The van der Waals surface area contributed by atoms with Crippen molar-refractivity contribution in [2.75, 3.05) is 5.73 Å². The van der Waals surface area contributed by atoms with Crippen molar-refractivity contribution in [3.05, 3.63) is 35.5 Å². The lowest BCUT2D eigenvalue weighted by molar-refractivity contribution is 1.34. The molecule has 13 heavy (non-hydrogen) atoms. The fraction of sp³-hybridized carbons (Fsp3) is 0.182. The quantitative estimate of drug-likeness (QED) is 0.662. The normalized spacial score (nSPS) is 10.6. The van der Waals surface area contributed by atoms with E-state index < -0.39 is 0 Å². The molecule has 0 aliphatic heterocycles. The summed E-state index contributed by atoms with van der Waals surface area (Å²) in [4.78, 5) is 4.30. The van der Waals surface area contributed by atoms with Gasteiger partial charge in [-0.2, -0.15) is 0 Å². The smallest absolute Gasteiger partial charge is 0.0732 e. The molecule has 2 aromatic rings. The fourth-order valence-electron chi connectivity index (χ4n) is 1.64. The Kier molecular flexibility index (Phi) is 1.69. The number of nitrogens with zero attached hydrogens (tertiary/aromatic N) is 1. The van der Waals surface area contributed by atoms with Gasteiger partial charge >= 0.3 is 0 Å². The first kappa shape index (κ1) is 8.05. The molecule has 0 aliphatic carbocycles. The average molecular weight is 172 g/mol. The van der Waals surface area contributed by atoms with Crippen molar-refractivity contribution >= 4 is 16.6 Å². The maximum Gasteiger partial charge on any atom is 0.0732 e. The van der Waals surface area contributed by atoms with Crippen LogP contribution in [0.3, 0.4) is 0 Å². The van der Waals surface area contributed by atoms with Gasteiger partial charge in [-0.3, -0.25) is 4.98 Å². The van der Waals surface area contributed by atoms with E-state index in [0.717, 1.165) is 16.6 Å². The lowest BCUT2D eigenvalue weighted by atomic mass is 10.1. The average Bonchev–Trinajstić information content (AvgIpc) is 2.02. The number of nitrogens with two attached hydrogens (primary N) is 1. The van der Waals surface area contributed by atoms with E-state index in [4.69, 9.17) is 5.73 Å². The Balaban J connectivity index is 2.86. The topological polar surface area (TPSA) is 38.9 Å². The van der Waals surface area contributed by atoms with Crippen LogP contribution in [0.15, 0.2) is 24.4 Å². The molecule has 2 N–H and O–H groups in total. The monoisotopic (exact) mass is 172 g/mol. The number of aromatic nitrogens is 1. The molecule has 0 fully saturated rings. The summed E-state index contributed by atoms with van der Waals surface area (Å²) in [5.74, 6) is 0. The van der Waals surface area contributed by atoms with Gasteiger partial charge in [0.1, 0.15) is 0 Å². The summed E-state index contributed by atoms with van der Waals surface area (Å²) in [5, 5.41) is 1.12. The molecule has 1 aromatic heterocycles. The zero-order valence-corrected chi connectivity index (χ0v) is 7.83. The van der Waals surface area contributed by atoms with Gasteiger partial charge in [-0.1, -0.05) is 11.6 Å². The summed E-state index contributed by atoms with van der Waals surface area (Å²) in [5.41, 5.74) is 9.87. The van der Waals surface area contributed by atoms with Crippen LogP contribution in [0.4, 0.5) is 5.69 Å². The van der Waals surface area contributed by atoms with Gasteiger partial charge in [0.05, 0.1) is 17.4 Å². The summed E-state index contributed by atoms with van der Waals surface area (Å²) >= 11 is 0. The number of hydrogen-bond donors (Lipinski definition) is 1. The maximum atomic E-state index is 5.66. The van der Waals surface area contributed by atoms with Crippen LogP contribution < -0.4 is 5.73 Å². The van der Waals surface area contributed by atoms with Crippen LogP contribution in [-0.2, 0) is 0 Å². The molecule has 0 spiro atoms. The Morgan fingerprint density at radius 1 is 1.15 bits per heavy atom. The van der Waals surface area contributed by atoms with E-state index in [0.29, 0.717) is 0 Å². The highest BCUT2D eigenvalue weighted by Crippen LogP contribution is 2.19. The van der Waals surface area contributed by atoms with Crippen LogP contribution in [0.25, 0.3) is 10.9 Å². The van der Waals surface area contributed by atoms with Crippen molar-refractivity contribution in [2.45, 2.75) is 13.8 Å². The van der Waals surface area contributed by atoms with Crippen molar-refractivity contribution in [1.29, 1.82) is 0 Å². The molecule has 0 bridgehead atoms. The molecule has 0 amide bonds. The van der Waals surface area contributed by atoms with Crippen LogP contribution in [0.1, 0.15) is 11.1 Å². The number of pyridine rings is 1. The van der Waals surface area contributed by atoms with E-state index >= 15 is 0 Å². The van der Waals surface area contributed by atoms with Crippen LogP contribution in [0.5, 0.6) is 0 Å². The van der Waals surface area contributed by atoms with Gasteiger partial charge in [0, 0.05) is 5.39 Å². The van der Waals surface area contributed by atoms with Crippen LogP contribution in [0, 0.1) is 13.8 Å². The fourth-order valence-corrected chi connectivity index (χ4v) is 1.64. The molecule has 0 radical (unpaired) electrons. The van der Waals surface area contributed by atoms with Crippen molar-refractivity contribution in [1.82, 2.24) is 4.98 Å². The first-order chi connectivity index (χ1) is 6.16. The number of aryl methyl sites for hydroxylation is 2. The molecular formula is C11H12N2. The number of anilines is 1. The standard InChI is InChI=1S/C11H12N2/c1-7-3-8(2)11-9(4-7)5-10(12)6-13-11/h3-6H,12H2,1-2H3. The molecule has 2 heteroatoms. The molecule has 1 heterocycles. The van der Waals surface area contributed by atoms with E-state index in [-0.39, 0.29) is 0 Å². The van der Waals surface area contributed by atoms with Gasteiger partial charge in [0.25, 0.3) is 0 Å². The third kappa shape index (κ3) is 1.35. The predicted molar refractivity (Wildman–Crippen MR) is 55.6 cm³/mol. The summed E-state index contributed by atoms with van der Waals surface area (Å²) in [6.45, 7) is 4.15. The van der Waals surface area contributed by atoms with Crippen LogP contribution >= 0.6 is 0 Å². The van der Waals surface area contributed by atoms with Crippen LogP contribution in [-0.4, -0.2) is 4.98 Å². The largest absolute Gasteiger partial charge is 0.397 e. The Morgan fingerprint density at radius 3 is 2.69 bits per heavy atom. The summed E-state index contributed by atoms with van der Waals surface area (Å²) < 4.78 is 0. The van der Waals surface area contributed by atoms with Crippen molar-refractivity contribution in [3.63, 3.8) is 0 Å². The SMILES string of the molecule is Cc1cc(C)c2ncc(N)cc2c1. The van der Waals surface area contributed by atoms with Gasteiger partial charge in [-0.25, -0.2) is 0 Å². The second kappa shape index (κ2) is 2.73. The van der Waals surface area contributed by atoms with Gasteiger partial charge < -0.3 is 5.73 Å². The number of fused-ring (bicyclic) bond motifs is 1. The molecule has 0 atom stereocenters. The Hall–Kier alpha value is -1.57. The number of hydrogen-bond acceptors (Lipinski definition) is 2. The Morgan fingerprint density at radius 2 is 1.92 bits per heavy atom. The zero-order chi connectivity index (χ0) is 9.42. The highest BCUT2D eigenvalue weighted by molar-refractivity contribution is 5.84. The highest BCUT2D eigenvalue weighted by Gasteiger charge is 1.99. The molecule has 1 aromatic carbocycles. The van der Waals surface area contributed by atoms with E-state index in [2.05, 4.69) is 31.0 Å². The third-order valence-electron chi connectivity index (χ3n) is 2.14.